The summed E-state index contributed by atoms with van der Waals surface area (Å²) in [6.45, 7) is 6.52. The van der Waals surface area contributed by atoms with Crippen molar-refractivity contribution in [1.82, 2.24) is 0 Å². The average molecular weight is 1050 g/mol. The summed E-state index contributed by atoms with van der Waals surface area (Å²) < 4.78 is 16.9. The summed E-state index contributed by atoms with van der Waals surface area (Å²) in [5.74, 6) is -0.910. The maximum Gasteiger partial charge on any atom is 0.306 e. The summed E-state index contributed by atoms with van der Waals surface area (Å²) in [7, 11) is 0. The van der Waals surface area contributed by atoms with Crippen LogP contribution in [0.3, 0.4) is 0 Å². The molecular weight excluding hydrogens is 925 g/mol. The van der Waals surface area contributed by atoms with E-state index < -0.39 is 6.10 Å². The highest BCUT2D eigenvalue weighted by atomic mass is 16.6. The molecule has 0 aliphatic carbocycles. The smallest absolute Gasteiger partial charge is 0.306 e. The predicted octanol–water partition coefficient (Wildman–Crippen LogP) is 22.1. The molecule has 6 heteroatoms. The molecule has 0 bridgehead atoms. The lowest BCUT2D eigenvalue weighted by molar-refractivity contribution is -0.167. The van der Waals surface area contributed by atoms with Crippen molar-refractivity contribution in [3.63, 3.8) is 0 Å². The number of unbranched alkanes of at least 4 members (excludes halogenated alkanes) is 36. The van der Waals surface area contributed by atoms with Crippen LogP contribution in [0.15, 0.2) is 72.9 Å². The van der Waals surface area contributed by atoms with Gasteiger partial charge in [-0.05, 0) is 89.9 Å². The Labute approximate surface area is 465 Å². The highest BCUT2D eigenvalue weighted by molar-refractivity contribution is 5.71. The van der Waals surface area contributed by atoms with Gasteiger partial charge in [0.1, 0.15) is 13.2 Å². The normalized spacial score (nSPS) is 12.5. The molecule has 6 nitrogen and oxygen atoms in total. The third kappa shape index (κ3) is 61.6. The molecule has 0 fully saturated rings. The minimum Gasteiger partial charge on any atom is -0.462 e. The summed E-state index contributed by atoms with van der Waals surface area (Å²) in [6, 6.07) is 0. The van der Waals surface area contributed by atoms with E-state index in [1.807, 2.05) is 0 Å². The summed E-state index contributed by atoms with van der Waals surface area (Å²) >= 11 is 0. The maximum atomic E-state index is 12.9. The molecule has 0 aromatic carbocycles. The van der Waals surface area contributed by atoms with Crippen LogP contribution < -0.4 is 0 Å². The SMILES string of the molecule is CC/C=C\C/C=C\C/C=C\C/C=C\CCCCCCC(=O)OC(COC(=O)CCCCCCC/C=C\C/C=C\CCCCCC)COC(=O)CCCCCCCCCCCCCCCCCCCCCCCCCC. The van der Waals surface area contributed by atoms with E-state index in [4.69, 9.17) is 14.2 Å². The molecule has 0 N–H and O–H groups in total. The van der Waals surface area contributed by atoms with E-state index in [1.54, 1.807) is 0 Å². The molecule has 1 unspecified atom stereocenters. The average Bonchev–Trinajstić information content (AvgIpc) is 3.41. The summed E-state index contributed by atoms with van der Waals surface area (Å²) in [6.07, 6.45) is 82.0. The van der Waals surface area contributed by atoms with Crippen LogP contribution in [-0.4, -0.2) is 37.2 Å². The molecule has 434 valence electrons. The van der Waals surface area contributed by atoms with Gasteiger partial charge in [-0.1, -0.05) is 293 Å². The molecule has 0 heterocycles. The quantitative estimate of drug-likeness (QED) is 0.0261. The van der Waals surface area contributed by atoms with Crippen molar-refractivity contribution in [2.75, 3.05) is 13.2 Å². The number of rotatable bonds is 59. The molecule has 0 rings (SSSR count). The Morgan fingerprint density at radius 1 is 0.280 bits per heavy atom. The van der Waals surface area contributed by atoms with Gasteiger partial charge in [-0.25, -0.2) is 0 Å². The van der Waals surface area contributed by atoms with E-state index in [0.717, 1.165) is 116 Å². The third-order valence-corrected chi connectivity index (χ3v) is 14.2. The van der Waals surface area contributed by atoms with Gasteiger partial charge in [0.2, 0.25) is 0 Å². The van der Waals surface area contributed by atoms with E-state index in [0.29, 0.717) is 19.3 Å². The number of allylic oxidation sites excluding steroid dienone is 12. The van der Waals surface area contributed by atoms with E-state index in [1.165, 1.54) is 173 Å². The Kier molecular flexibility index (Phi) is 60.7. The zero-order valence-electron chi connectivity index (χ0n) is 49.8. The lowest BCUT2D eigenvalue weighted by atomic mass is 10.0. The van der Waals surface area contributed by atoms with Crippen LogP contribution in [0.4, 0.5) is 0 Å². The first kappa shape index (κ1) is 71.8. The number of esters is 3. The molecule has 0 radical (unpaired) electrons. The minimum absolute atomic E-state index is 0.0874. The third-order valence-electron chi connectivity index (χ3n) is 14.2. The Morgan fingerprint density at radius 2 is 0.520 bits per heavy atom. The van der Waals surface area contributed by atoms with Crippen molar-refractivity contribution in [3.05, 3.63) is 72.9 Å². The second kappa shape index (κ2) is 63.4. The predicted molar refractivity (Wildman–Crippen MR) is 325 cm³/mol. The minimum atomic E-state index is -0.794. The molecule has 75 heavy (non-hydrogen) atoms. The Bertz CT molecular complexity index is 1390. The lowest BCUT2D eigenvalue weighted by Crippen LogP contribution is -2.30. The van der Waals surface area contributed by atoms with E-state index in [2.05, 4.69) is 93.7 Å². The van der Waals surface area contributed by atoms with Gasteiger partial charge in [-0.2, -0.15) is 0 Å². The van der Waals surface area contributed by atoms with Gasteiger partial charge in [-0.3, -0.25) is 14.4 Å². The molecule has 0 aromatic rings. The fourth-order valence-electron chi connectivity index (χ4n) is 9.35. The molecule has 0 aliphatic heterocycles. The van der Waals surface area contributed by atoms with E-state index in [9.17, 15) is 14.4 Å². The number of carbonyl (C=O) groups excluding carboxylic acids is 3. The summed E-state index contributed by atoms with van der Waals surface area (Å²) in [5, 5.41) is 0. The standard InChI is InChI=1S/C69H122O6/c1-4-7-10-13-16-19-22-25-28-31-32-33-34-35-36-37-39-41-44-47-50-53-56-59-62-68(71)74-65-66(64-73-67(70)61-58-55-52-49-46-43-40-30-27-24-21-18-15-12-9-6-3)75-69(72)63-60-57-54-51-48-45-42-38-29-26-23-20-17-14-11-8-5-2/h8,11,17,20-21,24,26,29-30,40,42,45,66H,4-7,9-10,12-16,18-19,22-23,25,27-28,31-39,41,43-44,46-65H2,1-3H3/b11-8-,20-17-,24-21-,29-26-,40-30-,45-42-. The van der Waals surface area contributed by atoms with Crippen LogP contribution in [-0.2, 0) is 28.6 Å². The van der Waals surface area contributed by atoms with Crippen molar-refractivity contribution in [3.8, 4) is 0 Å². The second-order valence-electron chi connectivity index (χ2n) is 21.6. The highest BCUT2D eigenvalue weighted by Crippen LogP contribution is 2.17. The molecule has 0 saturated heterocycles. The molecule has 1 atom stereocenters. The van der Waals surface area contributed by atoms with E-state index >= 15 is 0 Å². The topological polar surface area (TPSA) is 78.9 Å². The van der Waals surface area contributed by atoms with Crippen LogP contribution in [0.1, 0.15) is 329 Å². The number of carbonyl (C=O) groups is 3. The van der Waals surface area contributed by atoms with Gasteiger partial charge in [-0.15, -0.1) is 0 Å². The van der Waals surface area contributed by atoms with Crippen molar-refractivity contribution in [2.24, 2.45) is 0 Å². The van der Waals surface area contributed by atoms with Gasteiger partial charge >= 0.3 is 17.9 Å². The molecule has 0 aromatic heterocycles. The van der Waals surface area contributed by atoms with Crippen molar-refractivity contribution < 1.29 is 28.6 Å². The van der Waals surface area contributed by atoms with Gasteiger partial charge in [0.15, 0.2) is 6.10 Å². The maximum absolute atomic E-state index is 12.9. The van der Waals surface area contributed by atoms with Crippen molar-refractivity contribution >= 4 is 17.9 Å². The first-order chi connectivity index (χ1) is 37.0. The van der Waals surface area contributed by atoms with Crippen molar-refractivity contribution in [2.45, 2.75) is 335 Å². The summed E-state index contributed by atoms with van der Waals surface area (Å²) in [5.41, 5.74) is 0. The van der Waals surface area contributed by atoms with Gasteiger partial charge < -0.3 is 14.2 Å². The lowest BCUT2D eigenvalue weighted by Gasteiger charge is -2.18. The Morgan fingerprint density at radius 3 is 0.827 bits per heavy atom. The summed E-state index contributed by atoms with van der Waals surface area (Å²) in [4.78, 5) is 38.3. The van der Waals surface area contributed by atoms with Crippen LogP contribution in [0.2, 0.25) is 0 Å². The van der Waals surface area contributed by atoms with Crippen molar-refractivity contribution in [1.29, 1.82) is 0 Å². The second-order valence-corrected chi connectivity index (χ2v) is 21.6. The largest absolute Gasteiger partial charge is 0.462 e. The highest BCUT2D eigenvalue weighted by Gasteiger charge is 2.19. The molecule has 0 spiro atoms. The molecule has 0 saturated carbocycles. The van der Waals surface area contributed by atoms with Crippen LogP contribution >= 0.6 is 0 Å². The zero-order chi connectivity index (χ0) is 54.3. The monoisotopic (exact) mass is 1050 g/mol. The number of hydrogen-bond donors (Lipinski definition) is 0. The van der Waals surface area contributed by atoms with Crippen LogP contribution in [0, 0.1) is 0 Å². The van der Waals surface area contributed by atoms with Gasteiger partial charge in [0, 0.05) is 19.3 Å². The molecular formula is C69H122O6. The number of ether oxygens (including phenoxy) is 3. The zero-order valence-corrected chi connectivity index (χ0v) is 49.8. The first-order valence-electron chi connectivity index (χ1n) is 32.4. The first-order valence-corrected chi connectivity index (χ1v) is 32.4. The van der Waals surface area contributed by atoms with E-state index in [-0.39, 0.29) is 31.1 Å². The van der Waals surface area contributed by atoms with Gasteiger partial charge in [0.25, 0.3) is 0 Å². The Hall–Kier alpha value is -3.15. The fraction of sp³-hybridized carbons (Fsp3) is 0.783. The van der Waals surface area contributed by atoms with Crippen LogP contribution in [0.5, 0.6) is 0 Å². The number of hydrogen-bond acceptors (Lipinski definition) is 6. The molecule has 0 aliphatic rings. The van der Waals surface area contributed by atoms with Gasteiger partial charge in [0.05, 0.1) is 0 Å². The molecule has 0 amide bonds. The fourth-order valence-corrected chi connectivity index (χ4v) is 9.35. The Balaban J connectivity index is 4.34. The van der Waals surface area contributed by atoms with Crippen LogP contribution in [0.25, 0.3) is 0 Å².